The van der Waals surface area contributed by atoms with Crippen molar-refractivity contribution in [3.05, 3.63) is 48.3 Å². The number of likely N-dealkylation sites (tertiary alicyclic amines) is 1. The van der Waals surface area contributed by atoms with Crippen molar-refractivity contribution in [1.29, 1.82) is 0 Å². The minimum Gasteiger partial charge on any atom is -0.329 e. The van der Waals surface area contributed by atoms with Crippen molar-refractivity contribution in [3.8, 4) is 5.69 Å². The lowest BCUT2D eigenvalue weighted by Gasteiger charge is -2.34. The Morgan fingerprint density at radius 1 is 1.14 bits per heavy atom. The fourth-order valence-corrected chi connectivity index (χ4v) is 2.91. The molecular weight excluding hydrogens is 284 g/mol. The Hall–Kier alpha value is -1.36. The molecule has 3 rings (SSSR count). The van der Waals surface area contributed by atoms with E-state index in [1.807, 2.05) is 29.1 Å². The first-order valence-electron chi connectivity index (χ1n) is 7.41. The Morgan fingerprint density at radius 2 is 1.95 bits per heavy atom. The summed E-state index contributed by atoms with van der Waals surface area (Å²) >= 11 is 0. The Bertz CT molecular complexity index is 540. The fraction of sp³-hybridized carbons (Fsp3) is 0.438. The van der Waals surface area contributed by atoms with Gasteiger partial charge in [-0.05, 0) is 37.6 Å². The molecule has 0 radical (unpaired) electrons. The molecule has 0 bridgehead atoms. The molecule has 114 valence electrons. The number of benzene rings is 1. The molecule has 21 heavy (non-hydrogen) atoms. The van der Waals surface area contributed by atoms with Crippen LogP contribution >= 0.6 is 12.4 Å². The summed E-state index contributed by atoms with van der Waals surface area (Å²) in [5, 5.41) is 4.68. The van der Waals surface area contributed by atoms with E-state index in [1.165, 1.54) is 19.3 Å². The predicted octanol–water partition coefficient (Wildman–Crippen LogP) is 2.61. The molecule has 0 saturated carbocycles. The molecule has 5 heteroatoms. The van der Waals surface area contributed by atoms with Crippen LogP contribution in [0, 0.1) is 0 Å². The maximum atomic E-state index is 5.88. The highest BCUT2D eigenvalue weighted by atomic mass is 35.5. The van der Waals surface area contributed by atoms with Gasteiger partial charge in [0.1, 0.15) is 0 Å². The third-order valence-electron chi connectivity index (χ3n) is 4.05. The highest BCUT2D eigenvalue weighted by Crippen LogP contribution is 2.18. The zero-order valence-electron chi connectivity index (χ0n) is 12.2. The monoisotopic (exact) mass is 306 g/mol. The van der Waals surface area contributed by atoms with E-state index >= 15 is 0 Å². The summed E-state index contributed by atoms with van der Waals surface area (Å²) in [6, 6.07) is 12.9. The van der Waals surface area contributed by atoms with Crippen molar-refractivity contribution < 1.29 is 0 Å². The van der Waals surface area contributed by atoms with Gasteiger partial charge < -0.3 is 5.73 Å². The number of para-hydroxylation sites is 1. The zero-order chi connectivity index (χ0) is 13.8. The lowest BCUT2D eigenvalue weighted by molar-refractivity contribution is 0.143. The van der Waals surface area contributed by atoms with Gasteiger partial charge in [0, 0.05) is 25.3 Å². The number of hydrogen-bond donors (Lipinski definition) is 1. The first-order valence-corrected chi connectivity index (χ1v) is 7.41. The van der Waals surface area contributed by atoms with Crippen LogP contribution in [0.3, 0.4) is 0 Å². The molecule has 1 unspecified atom stereocenters. The Labute approximate surface area is 132 Å². The van der Waals surface area contributed by atoms with E-state index in [2.05, 4.69) is 28.2 Å². The molecule has 1 fully saturated rings. The van der Waals surface area contributed by atoms with E-state index < -0.39 is 0 Å². The number of aromatic nitrogens is 2. The molecule has 0 aliphatic carbocycles. The van der Waals surface area contributed by atoms with E-state index in [1.54, 1.807) is 0 Å². The summed E-state index contributed by atoms with van der Waals surface area (Å²) < 4.78 is 1.94. The van der Waals surface area contributed by atoms with Crippen LogP contribution in [0.5, 0.6) is 0 Å². The van der Waals surface area contributed by atoms with Gasteiger partial charge in [-0.15, -0.1) is 12.4 Å². The van der Waals surface area contributed by atoms with Gasteiger partial charge in [-0.25, -0.2) is 4.68 Å². The summed E-state index contributed by atoms with van der Waals surface area (Å²) in [5.41, 5.74) is 8.10. The number of piperidine rings is 1. The highest BCUT2D eigenvalue weighted by Gasteiger charge is 2.21. The predicted molar refractivity (Wildman–Crippen MR) is 87.9 cm³/mol. The second-order valence-corrected chi connectivity index (χ2v) is 5.44. The van der Waals surface area contributed by atoms with Gasteiger partial charge in [0.15, 0.2) is 0 Å². The Kier molecular flexibility index (Phi) is 5.79. The van der Waals surface area contributed by atoms with Crippen LogP contribution in [0.25, 0.3) is 5.69 Å². The maximum absolute atomic E-state index is 5.88. The molecule has 0 amide bonds. The smallest absolute Gasteiger partial charge is 0.0769 e. The lowest BCUT2D eigenvalue weighted by Crippen LogP contribution is -2.43. The van der Waals surface area contributed by atoms with Gasteiger partial charge in [0.2, 0.25) is 0 Å². The van der Waals surface area contributed by atoms with E-state index in [-0.39, 0.29) is 12.4 Å². The van der Waals surface area contributed by atoms with Crippen molar-refractivity contribution in [2.24, 2.45) is 5.73 Å². The quantitative estimate of drug-likeness (QED) is 0.944. The average Bonchev–Trinajstić information content (AvgIpc) is 2.97. The summed E-state index contributed by atoms with van der Waals surface area (Å²) in [5.74, 6) is 0. The SMILES string of the molecule is Cl.NCC1CCCCN1Cc1ccn(-c2ccccc2)n1. The molecule has 2 aromatic rings. The van der Waals surface area contributed by atoms with Crippen molar-refractivity contribution in [3.63, 3.8) is 0 Å². The number of rotatable bonds is 4. The average molecular weight is 307 g/mol. The molecular formula is C16H23ClN4. The molecule has 1 atom stereocenters. The summed E-state index contributed by atoms with van der Waals surface area (Å²) in [6.07, 6.45) is 5.83. The third kappa shape index (κ3) is 3.84. The van der Waals surface area contributed by atoms with Crippen LogP contribution in [-0.2, 0) is 6.54 Å². The van der Waals surface area contributed by atoms with Crippen molar-refractivity contribution >= 4 is 12.4 Å². The van der Waals surface area contributed by atoms with Crippen molar-refractivity contribution in [2.75, 3.05) is 13.1 Å². The van der Waals surface area contributed by atoms with Crippen LogP contribution in [0.2, 0.25) is 0 Å². The van der Waals surface area contributed by atoms with Gasteiger partial charge in [0.05, 0.1) is 11.4 Å². The van der Waals surface area contributed by atoms with Crippen molar-refractivity contribution in [2.45, 2.75) is 31.8 Å². The van der Waals surface area contributed by atoms with Crippen LogP contribution < -0.4 is 5.73 Å². The second kappa shape index (κ2) is 7.59. The maximum Gasteiger partial charge on any atom is 0.0769 e. The van der Waals surface area contributed by atoms with Crippen molar-refractivity contribution in [1.82, 2.24) is 14.7 Å². The van der Waals surface area contributed by atoms with Crippen LogP contribution in [-0.4, -0.2) is 33.8 Å². The summed E-state index contributed by atoms with van der Waals surface area (Å²) in [6.45, 7) is 2.79. The molecule has 1 aromatic carbocycles. The minimum absolute atomic E-state index is 0. The third-order valence-corrected chi connectivity index (χ3v) is 4.05. The summed E-state index contributed by atoms with van der Waals surface area (Å²) in [7, 11) is 0. The largest absolute Gasteiger partial charge is 0.329 e. The molecule has 4 nitrogen and oxygen atoms in total. The van der Waals surface area contributed by atoms with Gasteiger partial charge in [0.25, 0.3) is 0 Å². The lowest BCUT2D eigenvalue weighted by atomic mass is 10.0. The minimum atomic E-state index is 0. The van der Waals surface area contributed by atoms with Gasteiger partial charge >= 0.3 is 0 Å². The zero-order valence-corrected chi connectivity index (χ0v) is 13.0. The Morgan fingerprint density at radius 3 is 2.71 bits per heavy atom. The standard InChI is InChI=1S/C16H22N4.ClH/c17-12-16-8-4-5-10-19(16)13-14-9-11-20(18-14)15-6-2-1-3-7-15;/h1-3,6-7,9,11,16H,4-5,8,10,12-13,17H2;1H. The van der Waals surface area contributed by atoms with E-state index in [0.29, 0.717) is 6.04 Å². The van der Waals surface area contributed by atoms with Gasteiger partial charge in [-0.2, -0.15) is 5.10 Å². The first-order chi connectivity index (χ1) is 9.86. The molecule has 1 aliphatic heterocycles. The van der Waals surface area contributed by atoms with E-state index in [9.17, 15) is 0 Å². The normalized spacial score (nSPS) is 19.2. The number of nitrogens with two attached hydrogens (primary N) is 1. The molecule has 1 aliphatic rings. The topological polar surface area (TPSA) is 47.1 Å². The molecule has 2 N–H and O–H groups in total. The number of halogens is 1. The first kappa shape index (κ1) is 16.0. The van der Waals surface area contributed by atoms with E-state index in [4.69, 9.17) is 5.73 Å². The Balaban J connectivity index is 0.00000161. The number of nitrogens with zero attached hydrogens (tertiary/aromatic N) is 3. The van der Waals surface area contributed by atoms with Crippen LogP contribution in [0.15, 0.2) is 42.6 Å². The van der Waals surface area contributed by atoms with Crippen LogP contribution in [0.1, 0.15) is 25.0 Å². The second-order valence-electron chi connectivity index (χ2n) is 5.44. The van der Waals surface area contributed by atoms with Gasteiger partial charge in [-0.3, -0.25) is 4.90 Å². The highest BCUT2D eigenvalue weighted by molar-refractivity contribution is 5.85. The summed E-state index contributed by atoms with van der Waals surface area (Å²) in [4.78, 5) is 2.47. The molecule has 2 heterocycles. The molecule has 0 spiro atoms. The van der Waals surface area contributed by atoms with Crippen LogP contribution in [0.4, 0.5) is 0 Å². The molecule has 1 aromatic heterocycles. The fourth-order valence-electron chi connectivity index (χ4n) is 2.91. The molecule has 1 saturated heterocycles. The van der Waals surface area contributed by atoms with Gasteiger partial charge in [-0.1, -0.05) is 24.6 Å². The number of hydrogen-bond acceptors (Lipinski definition) is 3. The van der Waals surface area contributed by atoms with E-state index in [0.717, 1.165) is 31.0 Å².